The molecule has 10 nitrogen and oxygen atoms in total. The summed E-state index contributed by atoms with van der Waals surface area (Å²) in [5.41, 5.74) is 5.17. The highest BCUT2D eigenvalue weighted by molar-refractivity contribution is 7.84. The first-order chi connectivity index (χ1) is 27.7. The summed E-state index contributed by atoms with van der Waals surface area (Å²) in [6.07, 6.45) is 9.84. The number of hydrogen-bond donors (Lipinski definition) is 2. The zero-order valence-electron chi connectivity index (χ0n) is 33.7. The number of nitrogens with zero attached hydrogens (tertiary/aromatic N) is 1. The zero-order chi connectivity index (χ0) is 40.5. The number of imide groups is 1. The molecule has 7 atom stereocenters. The second kappa shape index (κ2) is 20.3. The molecular formula is C45H58ClN3O7S. The molecule has 3 amide bonds. The van der Waals surface area contributed by atoms with Crippen LogP contribution in [0.5, 0.6) is 5.75 Å². The molecular weight excluding hydrogens is 762 g/mol. The third-order valence-corrected chi connectivity index (χ3v) is 13.8. The van der Waals surface area contributed by atoms with Crippen LogP contribution in [0.4, 0.5) is 5.69 Å². The zero-order valence-corrected chi connectivity index (χ0v) is 35.2. The average molecular weight is 820 g/mol. The Hall–Kier alpha value is -3.77. The summed E-state index contributed by atoms with van der Waals surface area (Å²) in [5.74, 6) is 1.74. The molecule has 2 bridgehead atoms. The minimum atomic E-state index is -1.48. The van der Waals surface area contributed by atoms with Crippen LogP contribution in [0, 0.1) is 23.7 Å². The summed E-state index contributed by atoms with van der Waals surface area (Å²) in [6, 6.07) is 21.2. The van der Waals surface area contributed by atoms with Crippen LogP contribution in [0.25, 0.3) is 0 Å². The molecule has 2 fully saturated rings. The van der Waals surface area contributed by atoms with E-state index in [4.69, 9.17) is 14.2 Å². The Bertz CT molecular complexity index is 1850. The molecule has 1 saturated heterocycles. The van der Waals surface area contributed by atoms with Crippen LogP contribution in [0.1, 0.15) is 114 Å². The van der Waals surface area contributed by atoms with Gasteiger partial charge in [0.25, 0.3) is 17.7 Å². The van der Waals surface area contributed by atoms with Gasteiger partial charge in [0.2, 0.25) is 0 Å². The quantitative estimate of drug-likeness (QED) is 0.200. The summed E-state index contributed by atoms with van der Waals surface area (Å²) in [4.78, 5) is 37.8. The van der Waals surface area contributed by atoms with Crippen molar-refractivity contribution >= 4 is 46.0 Å². The molecule has 0 aromatic heterocycles. The molecule has 7 unspecified atom stereocenters. The third-order valence-electron chi connectivity index (χ3n) is 12.3. The summed E-state index contributed by atoms with van der Waals surface area (Å²) in [6.45, 7) is 10.2. The van der Waals surface area contributed by atoms with Crippen molar-refractivity contribution in [2.75, 3.05) is 44.2 Å². The van der Waals surface area contributed by atoms with Crippen molar-refractivity contribution in [3.63, 3.8) is 0 Å². The predicted octanol–water partition coefficient (Wildman–Crippen LogP) is 8.05. The number of halogens is 1. The molecule has 0 spiro atoms. The molecule has 4 heterocycles. The maximum atomic E-state index is 13.4. The van der Waals surface area contributed by atoms with E-state index >= 15 is 0 Å². The van der Waals surface area contributed by atoms with Gasteiger partial charge in [-0.2, -0.15) is 0 Å². The summed E-state index contributed by atoms with van der Waals surface area (Å²) in [5, 5.41) is 2.06. The van der Waals surface area contributed by atoms with Crippen LogP contribution in [-0.2, 0) is 26.9 Å². The molecule has 8 rings (SSSR count). The number of hydrogen-bond acceptors (Lipinski definition) is 8. The number of rotatable bonds is 4. The second-order valence-corrected chi connectivity index (χ2v) is 17.4. The van der Waals surface area contributed by atoms with Crippen LogP contribution >= 0.6 is 11.6 Å². The maximum absolute atomic E-state index is 13.4. The Morgan fingerprint density at radius 1 is 0.807 bits per heavy atom. The molecule has 4 aliphatic heterocycles. The van der Waals surface area contributed by atoms with Gasteiger partial charge in [0.15, 0.2) is 6.29 Å². The van der Waals surface area contributed by atoms with E-state index in [1.54, 1.807) is 24.3 Å². The monoisotopic (exact) mass is 819 g/mol. The number of ether oxygens (including phenoxy) is 3. The van der Waals surface area contributed by atoms with E-state index in [9.17, 15) is 18.6 Å². The van der Waals surface area contributed by atoms with E-state index in [2.05, 4.69) is 64.7 Å². The minimum Gasteiger partial charge on any atom is -0.491 e. The fraction of sp³-hybridized carbons (Fsp3) is 0.533. The smallest absolute Gasteiger partial charge is 0.263 e. The van der Waals surface area contributed by atoms with Gasteiger partial charge in [0.1, 0.15) is 16.7 Å². The first kappa shape index (κ1) is 42.8. The van der Waals surface area contributed by atoms with Crippen LogP contribution in [0.3, 0.4) is 0 Å². The lowest BCUT2D eigenvalue weighted by atomic mass is 9.65. The van der Waals surface area contributed by atoms with Crippen LogP contribution < -0.4 is 19.7 Å². The molecule has 2 N–H and O–H groups in total. The lowest BCUT2D eigenvalue weighted by molar-refractivity contribution is -0.224. The molecule has 57 heavy (non-hydrogen) atoms. The predicted molar refractivity (Wildman–Crippen MR) is 225 cm³/mol. The topological polar surface area (TPSA) is 123 Å². The first-order valence-electron chi connectivity index (χ1n) is 20.6. The molecule has 3 aromatic carbocycles. The molecule has 12 heteroatoms. The van der Waals surface area contributed by atoms with E-state index in [0.29, 0.717) is 41.1 Å². The molecule has 1 saturated carbocycles. The SMILES string of the molecule is CCCc1ccccc1C1COc2ccc3cc2N(C1)CC1CCC1C(C1OCCCO1)CCCC(C)C(C)S(=O)NC3=O.CCl.O=C1NC(=O)c2ccccc21. The van der Waals surface area contributed by atoms with Crippen molar-refractivity contribution in [3.8, 4) is 5.75 Å². The van der Waals surface area contributed by atoms with Crippen LogP contribution in [0.15, 0.2) is 66.7 Å². The van der Waals surface area contributed by atoms with Gasteiger partial charge in [-0.05, 0) is 105 Å². The molecule has 5 aliphatic rings. The standard InChI is InChI=1S/C36H50N2O5S.C8H5NO2.CH3Cl/c1-4-9-26-11-5-6-12-30(26)29-22-38-21-28-14-16-31(28)32(36-41-18-8-19-42-36)13-7-10-24(2)25(3)44(40)37-35(39)27-15-17-34(43-23-29)33(38)20-27;10-7-5-3-1-2-4-6(5)8(11)9-7;1-2/h5-6,11-12,15,17,20,24-25,28-29,31-32,36H,4,7-10,13-14,16,18-19,21-23H2,1-3H3,(H,37,39);1-4H,(H,9,10,11);1H3. The molecule has 3 aromatic rings. The fourth-order valence-corrected chi connectivity index (χ4v) is 9.93. The summed E-state index contributed by atoms with van der Waals surface area (Å²) < 4.78 is 35.1. The minimum absolute atomic E-state index is 0.142. The number of amides is 3. The van der Waals surface area contributed by atoms with Crippen LogP contribution in [-0.4, -0.2) is 72.8 Å². The molecule has 308 valence electrons. The van der Waals surface area contributed by atoms with Crippen molar-refractivity contribution in [2.24, 2.45) is 23.7 Å². The average Bonchev–Trinajstić information content (AvgIpc) is 3.40. The van der Waals surface area contributed by atoms with E-state index in [-0.39, 0.29) is 41.1 Å². The Balaban J connectivity index is 0.000000359. The third kappa shape index (κ3) is 10.1. The first-order valence-corrected chi connectivity index (χ1v) is 22.6. The number of fused-ring (bicyclic) bond motifs is 3. The Morgan fingerprint density at radius 2 is 1.51 bits per heavy atom. The largest absolute Gasteiger partial charge is 0.491 e. The number of aryl methyl sites for hydroxylation is 1. The van der Waals surface area contributed by atoms with Gasteiger partial charge < -0.3 is 19.1 Å². The van der Waals surface area contributed by atoms with Crippen molar-refractivity contribution < 1.29 is 32.8 Å². The lowest BCUT2D eigenvalue weighted by Crippen LogP contribution is -2.47. The molecule has 1 aliphatic carbocycles. The van der Waals surface area contributed by atoms with Crippen LogP contribution in [0.2, 0.25) is 0 Å². The number of anilines is 1. The fourth-order valence-electron chi connectivity index (χ4n) is 8.88. The normalized spacial score (nSPS) is 27.6. The Kier molecular flexibility index (Phi) is 15.2. The van der Waals surface area contributed by atoms with Crippen molar-refractivity contribution in [1.82, 2.24) is 10.0 Å². The lowest BCUT2D eigenvalue weighted by Gasteiger charge is -2.47. The number of carbonyl (C=O) groups is 3. The number of carbonyl (C=O) groups excluding carboxylic acids is 3. The van der Waals surface area contributed by atoms with E-state index in [1.807, 2.05) is 25.1 Å². The highest BCUT2D eigenvalue weighted by Gasteiger charge is 2.43. The number of benzene rings is 3. The number of alkyl halides is 1. The van der Waals surface area contributed by atoms with Gasteiger partial charge in [-0.15, -0.1) is 11.6 Å². The van der Waals surface area contributed by atoms with Crippen molar-refractivity contribution in [1.29, 1.82) is 0 Å². The van der Waals surface area contributed by atoms with Gasteiger partial charge in [0, 0.05) is 36.9 Å². The van der Waals surface area contributed by atoms with Gasteiger partial charge in [-0.3, -0.25) is 24.4 Å². The Morgan fingerprint density at radius 3 is 2.19 bits per heavy atom. The molecule has 0 radical (unpaired) electrons. The van der Waals surface area contributed by atoms with E-state index < -0.39 is 11.0 Å². The van der Waals surface area contributed by atoms with Gasteiger partial charge in [-0.25, -0.2) is 4.21 Å². The van der Waals surface area contributed by atoms with E-state index in [0.717, 1.165) is 76.3 Å². The summed E-state index contributed by atoms with van der Waals surface area (Å²) in [7, 11) is -1.48. The summed E-state index contributed by atoms with van der Waals surface area (Å²) >= 11 is 4.64. The highest BCUT2D eigenvalue weighted by atomic mass is 35.5. The van der Waals surface area contributed by atoms with Gasteiger partial charge >= 0.3 is 0 Å². The Labute approximate surface area is 345 Å². The van der Waals surface area contributed by atoms with E-state index in [1.165, 1.54) is 30.4 Å². The maximum Gasteiger partial charge on any atom is 0.263 e. The van der Waals surface area contributed by atoms with Gasteiger partial charge in [0.05, 0.1) is 41.9 Å². The second-order valence-electron chi connectivity index (χ2n) is 15.8. The van der Waals surface area contributed by atoms with Gasteiger partial charge in [-0.1, -0.05) is 63.1 Å². The van der Waals surface area contributed by atoms with Crippen molar-refractivity contribution in [2.45, 2.75) is 89.6 Å². The number of nitrogens with one attached hydrogen (secondary N) is 2. The highest BCUT2D eigenvalue weighted by Crippen LogP contribution is 2.47. The van der Waals surface area contributed by atoms with Crippen molar-refractivity contribution in [3.05, 3.63) is 94.5 Å².